The van der Waals surface area contributed by atoms with Crippen LogP contribution in [0.25, 0.3) is 0 Å². The topological polar surface area (TPSA) is 97.0 Å². The van der Waals surface area contributed by atoms with Crippen molar-refractivity contribution in [3.63, 3.8) is 0 Å². The van der Waals surface area contributed by atoms with Crippen LogP contribution in [0, 0.1) is 0 Å². The van der Waals surface area contributed by atoms with Gasteiger partial charge in [0.25, 0.3) is 0 Å². The number of alkyl halides is 3. The first kappa shape index (κ1) is 20.9. The number of carbonyl (C=O) groups is 1. The molecule has 11 heteroatoms. The quantitative estimate of drug-likeness (QED) is 0.792. The fourth-order valence-electron chi connectivity index (χ4n) is 3.15. The van der Waals surface area contributed by atoms with Gasteiger partial charge in [0.1, 0.15) is 0 Å². The lowest BCUT2D eigenvalue weighted by Crippen LogP contribution is -2.36. The summed E-state index contributed by atoms with van der Waals surface area (Å²) in [5.41, 5.74) is 2.35. The molecule has 0 bridgehead atoms. The second-order valence-corrected chi connectivity index (χ2v) is 6.60. The molecule has 0 amide bonds. The lowest BCUT2D eigenvalue weighted by atomic mass is 10.1. The number of fused-ring (bicyclic) bond motifs is 2. The summed E-state index contributed by atoms with van der Waals surface area (Å²) in [6.45, 7) is 2.93. The van der Waals surface area contributed by atoms with Crippen LogP contribution in [0.3, 0.4) is 0 Å². The van der Waals surface area contributed by atoms with Gasteiger partial charge in [-0.25, -0.2) is 9.78 Å². The third-order valence-corrected chi connectivity index (χ3v) is 4.66. The first-order valence-electron chi connectivity index (χ1n) is 8.80. The highest BCUT2D eigenvalue weighted by Crippen LogP contribution is 2.33. The monoisotopic (exact) mass is 415 g/mol. The van der Waals surface area contributed by atoms with Gasteiger partial charge in [-0.1, -0.05) is 6.07 Å². The Bertz CT molecular complexity index is 856. The van der Waals surface area contributed by atoms with Gasteiger partial charge in [-0.3, -0.25) is 4.90 Å². The molecule has 1 atom stereocenters. The van der Waals surface area contributed by atoms with E-state index in [1.165, 1.54) is 5.69 Å². The van der Waals surface area contributed by atoms with E-state index in [0.29, 0.717) is 6.79 Å². The van der Waals surface area contributed by atoms with Crippen molar-refractivity contribution < 1.29 is 37.7 Å². The molecule has 4 rings (SSSR count). The second kappa shape index (κ2) is 8.70. The number of nitrogens with zero attached hydrogens (tertiary/aromatic N) is 3. The van der Waals surface area contributed by atoms with Crippen LogP contribution >= 0.6 is 0 Å². The number of hydrogen-bond acceptors (Lipinski definition) is 6. The third-order valence-electron chi connectivity index (χ3n) is 4.66. The van der Waals surface area contributed by atoms with Crippen LogP contribution in [-0.4, -0.2) is 56.3 Å². The Hall–Kier alpha value is -2.79. The minimum Gasteiger partial charge on any atom is -0.475 e. The van der Waals surface area contributed by atoms with E-state index >= 15 is 0 Å². The maximum atomic E-state index is 10.6. The molecule has 3 heterocycles. The number of aliphatic carboxylic acids is 1. The van der Waals surface area contributed by atoms with Gasteiger partial charge in [0.05, 0.1) is 18.6 Å². The number of carboxylic acids is 1. The van der Waals surface area contributed by atoms with Crippen molar-refractivity contribution in [2.45, 2.75) is 38.3 Å². The van der Waals surface area contributed by atoms with Crippen molar-refractivity contribution >= 4 is 5.97 Å². The predicted molar refractivity (Wildman–Crippen MR) is 93.2 cm³/mol. The van der Waals surface area contributed by atoms with Crippen molar-refractivity contribution in [2.75, 3.05) is 13.4 Å². The van der Waals surface area contributed by atoms with Gasteiger partial charge in [-0.2, -0.15) is 13.2 Å². The molecule has 0 fully saturated rings. The van der Waals surface area contributed by atoms with Gasteiger partial charge in [-0.15, -0.1) is 0 Å². The van der Waals surface area contributed by atoms with E-state index in [-0.39, 0.29) is 12.6 Å². The average Bonchev–Trinajstić information content (AvgIpc) is 3.27. The Morgan fingerprint density at radius 3 is 2.69 bits per heavy atom. The molecule has 158 valence electrons. The van der Waals surface area contributed by atoms with Crippen LogP contribution in [0.1, 0.15) is 17.7 Å². The van der Waals surface area contributed by atoms with E-state index < -0.39 is 12.1 Å². The number of carboxylic acid groups (broad SMARTS) is 1. The van der Waals surface area contributed by atoms with E-state index in [0.717, 1.165) is 43.1 Å². The van der Waals surface area contributed by atoms with Crippen LogP contribution in [0.15, 0.2) is 30.7 Å². The molecular weight excluding hydrogens is 395 g/mol. The molecule has 0 saturated heterocycles. The molecule has 1 aromatic heterocycles. The van der Waals surface area contributed by atoms with E-state index in [9.17, 15) is 18.3 Å². The lowest BCUT2D eigenvalue weighted by Gasteiger charge is -2.28. The van der Waals surface area contributed by atoms with Crippen molar-refractivity contribution in [1.29, 1.82) is 0 Å². The normalized spacial score (nSPS) is 18.4. The zero-order valence-electron chi connectivity index (χ0n) is 15.3. The summed E-state index contributed by atoms with van der Waals surface area (Å²) in [5.74, 6) is -1.15. The first-order chi connectivity index (χ1) is 13.8. The summed E-state index contributed by atoms with van der Waals surface area (Å²) < 4.78 is 44.7. The Labute approximate surface area is 164 Å². The van der Waals surface area contributed by atoms with Gasteiger partial charge in [0.2, 0.25) is 6.79 Å². The van der Waals surface area contributed by atoms with Crippen molar-refractivity contribution in [2.24, 2.45) is 0 Å². The largest absolute Gasteiger partial charge is 0.490 e. The number of rotatable bonds is 3. The number of aliphatic hydroxyl groups excluding tert-OH is 1. The van der Waals surface area contributed by atoms with Gasteiger partial charge >= 0.3 is 12.1 Å². The number of imidazole rings is 1. The Morgan fingerprint density at radius 2 is 2.00 bits per heavy atom. The molecule has 0 radical (unpaired) electrons. The van der Waals surface area contributed by atoms with Gasteiger partial charge < -0.3 is 24.3 Å². The summed E-state index contributed by atoms with van der Waals surface area (Å²) >= 11 is 0. The average molecular weight is 415 g/mol. The van der Waals surface area contributed by atoms with E-state index in [1.54, 1.807) is 0 Å². The fraction of sp³-hybridized carbons (Fsp3) is 0.444. The molecule has 2 aliphatic heterocycles. The smallest absolute Gasteiger partial charge is 0.475 e. The van der Waals surface area contributed by atoms with Crippen molar-refractivity contribution in [3.8, 4) is 11.5 Å². The highest BCUT2D eigenvalue weighted by molar-refractivity contribution is 5.73. The van der Waals surface area contributed by atoms with Crippen molar-refractivity contribution in [1.82, 2.24) is 14.5 Å². The number of aromatic nitrogens is 2. The van der Waals surface area contributed by atoms with Crippen LogP contribution in [-0.2, 0) is 24.4 Å². The van der Waals surface area contributed by atoms with Crippen LogP contribution < -0.4 is 9.47 Å². The molecule has 29 heavy (non-hydrogen) atoms. The summed E-state index contributed by atoms with van der Waals surface area (Å²) in [6, 6.07) is 6.20. The molecule has 1 unspecified atom stereocenters. The summed E-state index contributed by atoms with van der Waals surface area (Å²) in [7, 11) is 0. The number of aliphatic hydroxyl groups is 1. The maximum Gasteiger partial charge on any atom is 0.490 e. The zero-order valence-corrected chi connectivity index (χ0v) is 15.3. The molecule has 0 aliphatic carbocycles. The molecule has 1 aromatic carbocycles. The van der Waals surface area contributed by atoms with Gasteiger partial charge in [0.15, 0.2) is 11.5 Å². The highest BCUT2D eigenvalue weighted by Gasteiger charge is 2.38. The SMILES string of the molecule is O=C(O)C(F)(F)F.OCC1CCn2cncc2CN1Cc1ccc2c(c1)OCO2. The number of benzene rings is 1. The minimum atomic E-state index is -5.08. The van der Waals surface area contributed by atoms with Crippen molar-refractivity contribution in [3.05, 3.63) is 42.0 Å². The maximum absolute atomic E-state index is 10.6. The summed E-state index contributed by atoms with van der Waals surface area (Å²) in [5, 5.41) is 16.8. The first-order valence-corrected chi connectivity index (χ1v) is 8.80. The predicted octanol–water partition coefficient (Wildman–Crippen LogP) is 2.01. The highest BCUT2D eigenvalue weighted by atomic mass is 19.4. The standard InChI is InChI=1S/C16H19N3O3.C2HF3O2/c20-9-13-3-4-18-10-17-6-14(18)8-19(13)7-12-1-2-15-16(5-12)22-11-21-15;3-2(4,5)1(6)7/h1-2,5-6,10,13,20H,3-4,7-9,11H2;(H,6,7). The Kier molecular flexibility index (Phi) is 6.28. The van der Waals surface area contributed by atoms with Crippen LogP contribution in [0.4, 0.5) is 13.2 Å². The number of aryl methyl sites for hydroxylation is 1. The number of halogens is 3. The molecule has 0 saturated carbocycles. The molecular formula is C18H20F3N3O5. The molecule has 2 N–H and O–H groups in total. The Balaban J connectivity index is 0.000000298. The van der Waals surface area contributed by atoms with E-state index in [2.05, 4.69) is 20.5 Å². The minimum absolute atomic E-state index is 0.158. The summed E-state index contributed by atoms with van der Waals surface area (Å²) in [6.07, 6.45) is -0.384. The molecule has 0 spiro atoms. The van der Waals surface area contributed by atoms with E-state index in [4.69, 9.17) is 19.4 Å². The van der Waals surface area contributed by atoms with Gasteiger partial charge in [-0.05, 0) is 24.1 Å². The third kappa shape index (κ3) is 5.18. The van der Waals surface area contributed by atoms with Crippen LogP contribution in [0.2, 0.25) is 0 Å². The number of hydrogen-bond donors (Lipinski definition) is 2. The lowest BCUT2D eigenvalue weighted by molar-refractivity contribution is -0.192. The van der Waals surface area contributed by atoms with E-state index in [1.807, 2.05) is 24.7 Å². The molecule has 2 aromatic rings. The summed E-state index contributed by atoms with van der Waals surface area (Å²) in [4.78, 5) is 15.4. The Morgan fingerprint density at radius 1 is 1.28 bits per heavy atom. The molecule has 2 aliphatic rings. The van der Waals surface area contributed by atoms with Crippen LogP contribution in [0.5, 0.6) is 11.5 Å². The zero-order chi connectivity index (χ0) is 21.0. The fourth-order valence-corrected chi connectivity index (χ4v) is 3.15. The van der Waals surface area contributed by atoms with Gasteiger partial charge in [0, 0.05) is 31.9 Å². The number of ether oxygens (including phenoxy) is 2. The second-order valence-electron chi connectivity index (χ2n) is 6.60. The molecule has 8 nitrogen and oxygen atoms in total.